The largest absolute Gasteiger partial charge is 0.299 e. The van der Waals surface area contributed by atoms with Crippen LogP contribution in [0.25, 0.3) is 0 Å². The maximum atomic E-state index is 11.6. The van der Waals surface area contributed by atoms with E-state index in [1.165, 1.54) is 0 Å². The summed E-state index contributed by atoms with van der Waals surface area (Å²) in [5.74, 6) is 0.541. The highest BCUT2D eigenvalue weighted by Gasteiger charge is 2.30. The third-order valence-corrected chi connectivity index (χ3v) is 3.76. The standard InChI is InChI=1S/C14H20N2O/c1-10-5-4-6-13(15-10)9-16-8-7-14(17)11(2)12(16)3/h4-6,11-12H,7-9H2,1-3H3. The molecule has 1 aromatic rings. The number of likely N-dealkylation sites (tertiary alicyclic amines) is 1. The molecule has 0 N–H and O–H groups in total. The van der Waals surface area contributed by atoms with E-state index in [4.69, 9.17) is 0 Å². The van der Waals surface area contributed by atoms with E-state index >= 15 is 0 Å². The van der Waals surface area contributed by atoms with Gasteiger partial charge in [0.1, 0.15) is 5.78 Å². The smallest absolute Gasteiger partial charge is 0.138 e. The quantitative estimate of drug-likeness (QED) is 0.783. The second kappa shape index (κ2) is 4.96. The van der Waals surface area contributed by atoms with Crippen molar-refractivity contribution in [1.29, 1.82) is 0 Å². The SMILES string of the molecule is Cc1cccc(CN2CCC(=O)C(C)C2C)n1. The summed E-state index contributed by atoms with van der Waals surface area (Å²) in [5.41, 5.74) is 2.15. The van der Waals surface area contributed by atoms with Crippen molar-refractivity contribution in [2.45, 2.75) is 39.8 Å². The number of carbonyl (C=O) groups excluding carboxylic acids is 1. The Morgan fingerprint density at radius 3 is 2.88 bits per heavy atom. The van der Waals surface area contributed by atoms with Gasteiger partial charge >= 0.3 is 0 Å². The fourth-order valence-electron chi connectivity index (χ4n) is 2.39. The molecular formula is C14H20N2O. The number of Topliss-reactive ketones (excluding diaryl/α,β-unsaturated/α-hetero) is 1. The fraction of sp³-hybridized carbons (Fsp3) is 0.571. The molecule has 2 unspecified atom stereocenters. The average molecular weight is 232 g/mol. The van der Waals surface area contributed by atoms with Gasteiger partial charge in [0.15, 0.2) is 0 Å². The summed E-state index contributed by atoms with van der Waals surface area (Å²) in [5, 5.41) is 0. The Morgan fingerprint density at radius 1 is 1.41 bits per heavy atom. The van der Waals surface area contributed by atoms with Gasteiger partial charge < -0.3 is 0 Å². The summed E-state index contributed by atoms with van der Waals surface area (Å²) in [6.45, 7) is 7.88. The zero-order chi connectivity index (χ0) is 12.4. The normalized spacial score (nSPS) is 26.2. The van der Waals surface area contributed by atoms with Crippen molar-refractivity contribution in [3.63, 3.8) is 0 Å². The molecule has 0 bridgehead atoms. The van der Waals surface area contributed by atoms with Crippen molar-refractivity contribution < 1.29 is 4.79 Å². The number of aryl methyl sites for hydroxylation is 1. The number of carbonyl (C=O) groups is 1. The van der Waals surface area contributed by atoms with Crippen LogP contribution in [-0.2, 0) is 11.3 Å². The zero-order valence-electron chi connectivity index (χ0n) is 10.8. The minimum atomic E-state index is 0.147. The van der Waals surface area contributed by atoms with E-state index < -0.39 is 0 Å². The van der Waals surface area contributed by atoms with E-state index in [2.05, 4.69) is 22.9 Å². The van der Waals surface area contributed by atoms with Gasteiger partial charge in [-0.2, -0.15) is 0 Å². The molecule has 2 heterocycles. The number of pyridine rings is 1. The second-order valence-electron chi connectivity index (χ2n) is 4.99. The van der Waals surface area contributed by atoms with Crippen molar-refractivity contribution in [2.24, 2.45) is 5.92 Å². The minimum absolute atomic E-state index is 0.147. The van der Waals surface area contributed by atoms with Gasteiger partial charge in [0.2, 0.25) is 0 Å². The molecule has 0 saturated carbocycles. The van der Waals surface area contributed by atoms with Crippen molar-refractivity contribution in [3.8, 4) is 0 Å². The van der Waals surface area contributed by atoms with E-state index in [1.807, 2.05) is 26.0 Å². The predicted molar refractivity (Wildman–Crippen MR) is 67.6 cm³/mol. The van der Waals surface area contributed by atoms with Crippen LogP contribution in [0.4, 0.5) is 0 Å². The molecule has 2 rings (SSSR count). The monoisotopic (exact) mass is 232 g/mol. The number of ketones is 1. The Kier molecular flexibility index (Phi) is 3.57. The van der Waals surface area contributed by atoms with Gasteiger partial charge in [-0.3, -0.25) is 14.7 Å². The summed E-state index contributed by atoms with van der Waals surface area (Å²) in [4.78, 5) is 18.5. The first kappa shape index (κ1) is 12.2. The lowest BCUT2D eigenvalue weighted by atomic mass is 9.90. The molecule has 1 aliphatic rings. The van der Waals surface area contributed by atoms with Crippen LogP contribution in [0.1, 0.15) is 31.7 Å². The molecule has 1 aromatic heterocycles. The van der Waals surface area contributed by atoms with Crippen LogP contribution in [-0.4, -0.2) is 28.3 Å². The lowest BCUT2D eigenvalue weighted by molar-refractivity contribution is -0.128. The van der Waals surface area contributed by atoms with Gasteiger partial charge in [0, 0.05) is 37.2 Å². The summed E-state index contributed by atoms with van der Waals surface area (Å²) in [6, 6.07) is 6.43. The Hall–Kier alpha value is -1.22. The van der Waals surface area contributed by atoms with E-state index in [1.54, 1.807) is 0 Å². The summed E-state index contributed by atoms with van der Waals surface area (Å²) in [7, 11) is 0. The molecule has 3 nitrogen and oxygen atoms in total. The van der Waals surface area contributed by atoms with E-state index in [0.29, 0.717) is 18.2 Å². The topological polar surface area (TPSA) is 33.2 Å². The number of piperidine rings is 1. The summed E-state index contributed by atoms with van der Waals surface area (Å²) >= 11 is 0. The van der Waals surface area contributed by atoms with Gasteiger partial charge in [0.25, 0.3) is 0 Å². The lowest BCUT2D eigenvalue weighted by Crippen LogP contribution is -2.46. The highest BCUT2D eigenvalue weighted by Crippen LogP contribution is 2.21. The maximum absolute atomic E-state index is 11.6. The first-order valence-corrected chi connectivity index (χ1v) is 6.27. The van der Waals surface area contributed by atoms with E-state index in [-0.39, 0.29) is 5.92 Å². The summed E-state index contributed by atoms with van der Waals surface area (Å²) < 4.78 is 0. The van der Waals surface area contributed by atoms with Crippen molar-refractivity contribution >= 4 is 5.78 Å². The van der Waals surface area contributed by atoms with Crippen LogP contribution in [0.3, 0.4) is 0 Å². The zero-order valence-corrected chi connectivity index (χ0v) is 10.8. The van der Waals surface area contributed by atoms with Crippen LogP contribution in [0.15, 0.2) is 18.2 Å². The highest BCUT2D eigenvalue weighted by atomic mass is 16.1. The van der Waals surface area contributed by atoms with Gasteiger partial charge in [-0.05, 0) is 26.0 Å². The van der Waals surface area contributed by atoms with Crippen molar-refractivity contribution in [2.75, 3.05) is 6.54 Å². The number of aromatic nitrogens is 1. The molecule has 0 aromatic carbocycles. The van der Waals surface area contributed by atoms with Crippen LogP contribution >= 0.6 is 0 Å². The Labute approximate surface area is 103 Å². The van der Waals surface area contributed by atoms with Crippen LogP contribution < -0.4 is 0 Å². The number of rotatable bonds is 2. The molecule has 0 radical (unpaired) electrons. The third-order valence-electron chi connectivity index (χ3n) is 3.76. The molecule has 92 valence electrons. The first-order chi connectivity index (χ1) is 8.08. The van der Waals surface area contributed by atoms with Crippen molar-refractivity contribution in [3.05, 3.63) is 29.6 Å². The fourth-order valence-corrected chi connectivity index (χ4v) is 2.39. The minimum Gasteiger partial charge on any atom is -0.299 e. The van der Waals surface area contributed by atoms with Crippen LogP contribution in [0.5, 0.6) is 0 Å². The average Bonchev–Trinajstić information content (AvgIpc) is 2.30. The Morgan fingerprint density at radius 2 is 2.18 bits per heavy atom. The van der Waals surface area contributed by atoms with Gasteiger partial charge in [-0.15, -0.1) is 0 Å². The van der Waals surface area contributed by atoms with Crippen LogP contribution in [0.2, 0.25) is 0 Å². The molecule has 2 atom stereocenters. The molecule has 17 heavy (non-hydrogen) atoms. The predicted octanol–water partition coefficient (Wildman–Crippen LogP) is 2.19. The number of nitrogens with zero attached hydrogens (tertiary/aromatic N) is 2. The summed E-state index contributed by atoms with van der Waals surface area (Å²) in [6.07, 6.45) is 0.678. The van der Waals surface area contributed by atoms with Gasteiger partial charge in [0.05, 0.1) is 5.69 Å². The highest BCUT2D eigenvalue weighted by molar-refractivity contribution is 5.82. The van der Waals surface area contributed by atoms with E-state index in [0.717, 1.165) is 24.5 Å². The molecule has 3 heteroatoms. The Balaban J connectivity index is 2.06. The molecule has 0 spiro atoms. The first-order valence-electron chi connectivity index (χ1n) is 6.27. The third kappa shape index (κ3) is 2.72. The lowest BCUT2D eigenvalue weighted by Gasteiger charge is -2.36. The molecule has 0 amide bonds. The molecule has 1 fully saturated rings. The van der Waals surface area contributed by atoms with Gasteiger partial charge in [-0.25, -0.2) is 0 Å². The molecule has 0 aliphatic carbocycles. The molecule has 1 aliphatic heterocycles. The second-order valence-corrected chi connectivity index (χ2v) is 4.99. The maximum Gasteiger partial charge on any atom is 0.138 e. The molecule has 1 saturated heterocycles. The number of hydrogen-bond acceptors (Lipinski definition) is 3. The number of hydrogen-bond donors (Lipinski definition) is 0. The molecular weight excluding hydrogens is 212 g/mol. The van der Waals surface area contributed by atoms with Gasteiger partial charge in [-0.1, -0.05) is 13.0 Å². The Bertz CT molecular complexity index is 416. The van der Waals surface area contributed by atoms with Crippen molar-refractivity contribution in [1.82, 2.24) is 9.88 Å². The van der Waals surface area contributed by atoms with E-state index in [9.17, 15) is 4.79 Å². The van der Waals surface area contributed by atoms with Crippen LogP contribution in [0, 0.1) is 12.8 Å².